The molecule has 0 fully saturated rings. The summed E-state index contributed by atoms with van der Waals surface area (Å²) in [6, 6.07) is 9.72. The summed E-state index contributed by atoms with van der Waals surface area (Å²) in [4.78, 5) is 4.18. The minimum atomic E-state index is -4.43. The molecule has 0 unspecified atom stereocenters. The molecule has 0 aliphatic heterocycles. The van der Waals surface area contributed by atoms with Crippen LogP contribution >= 0.6 is 11.6 Å². The van der Waals surface area contributed by atoms with Gasteiger partial charge in [-0.15, -0.1) is 5.10 Å². The van der Waals surface area contributed by atoms with Crippen LogP contribution in [0, 0.1) is 0 Å². The number of ether oxygens (including phenoxy) is 1. The lowest BCUT2D eigenvalue weighted by Gasteiger charge is -2.12. The van der Waals surface area contributed by atoms with Crippen molar-refractivity contribution in [3.8, 4) is 5.75 Å². The zero-order chi connectivity index (χ0) is 19.4. The predicted molar refractivity (Wildman–Crippen MR) is 95.8 cm³/mol. The average molecular weight is 396 g/mol. The third-order valence-electron chi connectivity index (χ3n) is 3.43. The van der Waals surface area contributed by atoms with Crippen LogP contribution in [-0.2, 0) is 6.18 Å². The first-order chi connectivity index (χ1) is 12.8. The maximum atomic E-state index is 12.8. The van der Waals surface area contributed by atoms with Gasteiger partial charge < -0.3 is 15.4 Å². The highest BCUT2D eigenvalue weighted by Gasteiger charge is 2.30. The summed E-state index contributed by atoms with van der Waals surface area (Å²) in [5.41, 5.74) is -0.0313. The Morgan fingerprint density at radius 2 is 1.89 bits per heavy atom. The van der Waals surface area contributed by atoms with E-state index in [1.807, 2.05) is 0 Å². The van der Waals surface area contributed by atoms with Crippen molar-refractivity contribution in [2.45, 2.75) is 6.18 Å². The van der Waals surface area contributed by atoms with E-state index < -0.39 is 11.7 Å². The van der Waals surface area contributed by atoms with Gasteiger partial charge in [-0.25, -0.2) is 0 Å². The van der Waals surface area contributed by atoms with Crippen LogP contribution in [0.5, 0.6) is 5.75 Å². The molecule has 0 aliphatic rings. The van der Waals surface area contributed by atoms with Crippen LogP contribution < -0.4 is 15.4 Å². The molecule has 0 aliphatic carbocycles. The number of rotatable bonds is 5. The molecule has 0 saturated carbocycles. The van der Waals surface area contributed by atoms with Crippen LogP contribution in [0.1, 0.15) is 5.56 Å². The summed E-state index contributed by atoms with van der Waals surface area (Å²) in [5, 5.41) is 13.8. The van der Waals surface area contributed by atoms with Crippen molar-refractivity contribution in [2.75, 3.05) is 17.7 Å². The van der Waals surface area contributed by atoms with Crippen molar-refractivity contribution in [3.05, 3.63) is 59.2 Å². The summed E-state index contributed by atoms with van der Waals surface area (Å²) < 4.78 is 43.7. The number of nitrogens with zero attached hydrogens (tertiary/aromatic N) is 3. The van der Waals surface area contributed by atoms with Crippen LogP contribution in [0.3, 0.4) is 0 Å². The molecule has 1 heterocycles. The molecule has 3 rings (SSSR count). The second kappa shape index (κ2) is 7.67. The van der Waals surface area contributed by atoms with E-state index in [9.17, 15) is 13.2 Å². The van der Waals surface area contributed by atoms with Gasteiger partial charge in [0.2, 0.25) is 5.95 Å². The molecule has 0 atom stereocenters. The third kappa shape index (κ3) is 4.76. The SMILES string of the molecule is COc1ccc(Cl)cc1Nc1nncc(Nc2cccc(C(F)(F)F)c2)n1. The Kier molecular flexibility index (Phi) is 5.31. The molecule has 0 radical (unpaired) electrons. The van der Waals surface area contributed by atoms with Gasteiger partial charge in [-0.2, -0.15) is 23.3 Å². The highest BCUT2D eigenvalue weighted by molar-refractivity contribution is 6.31. The molecule has 0 amide bonds. The summed E-state index contributed by atoms with van der Waals surface area (Å²) >= 11 is 5.97. The van der Waals surface area contributed by atoms with E-state index in [-0.39, 0.29) is 17.5 Å². The molecule has 0 bridgehead atoms. The van der Waals surface area contributed by atoms with E-state index in [4.69, 9.17) is 16.3 Å². The second-order valence-electron chi connectivity index (χ2n) is 5.34. The second-order valence-corrected chi connectivity index (χ2v) is 5.77. The third-order valence-corrected chi connectivity index (χ3v) is 3.66. The highest BCUT2D eigenvalue weighted by atomic mass is 35.5. The topological polar surface area (TPSA) is 72.0 Å². The molecule has 1 aromatic heterocycles. The fourth-order valence-electron chi connectivity index (χ4n) is 2.24. The zero-order valence-electron chi connectivity index (χ0n) is 13.9. The van der Waals surface area contributed by atoms with Crippen LogP contribution in [0.4, 0.5) is 36.3 Å². The Hall–Kier alpha value is -3.07. The van der Waals surface area contributed by atoms with Crippen molar-refractivity contribution >= 4 is 34.7 Å². The molecule has 0 spiro atoms. The van der Waals surface area contributed by atoms with Gasteiger partial charge in [0, 0.05) is 10.7 Å². The minimum absolute atomic E-state index is 0.118. The zero-order valence-corrected chi connectivity index (χ0v) is 14.6. The van der Waals surface area contributed by atoms with E-state index in [1.54, 1.807) is 18.2 Å². The number of aromatic nitrogens is 3. The largest absolute Gasteiger partial charge is 0.495 e. The number of anilines is 4. The number of hydrogen-bond acceptors (Lipinski definition) is 6. The van der Waals surface area contributed by atoms with Crippen molar-refractivity contribution in [1.29, 1.82) is 0 Å². The molecular weight excluding hydrogens is 383 g/mol. The molecule has 2 N–H and O–H groups in total. The smallest absolute Gasteiger partial charge is 0.416 e. The monoisotopic (exact) mass is 395 g/mol. The van der Waals surface area contributed by atoms with Crippen LogP contribution in [0.25, 0.3) is 0 Å². The first-order valence-electron chi connectivity index (χ1n) is 7.60. The highest BCUT2D eigenvalue weighted by Crippen LogP contribution is 2.32. The fraction of sp³-hybridized carbons (Fsp3) is 0.118. The lowest BCUT2D eigenvalue weighted by molar-refractivity contribution is -0.137. The Morgan fingerprint density at radius 1 is 1.07 bits per heavy atom. The van der Waals surface area contributed by atoms with Crippen molar-refractivity contribution in [1.82, 2.24) is 15.2 Å². The van der Waals surface area contributed by atoms with Crippen LogP contribution in [0.2, 0.25) is 5.02 Å². The fourth-order valence-corrected chi connectivity index (χ4v) is 2.41. The maximum absolute atomic E-state index is 12.8. The summed E-state index contributed by atoms with van der Waals surface area (Å²) in [7, 11) is 1.50. The molecule has 27 heavy (non-hydrogen) atoms. The predicted octanol–water partition coefficient (Wildman–Crippen LogP) is 5.04. The van der Waals surface area contributed by atoms with E-state index in [1.165, 1.54) is 25.4 Å². The van der Waals surface area contributed by atoms with E-state index in [0.29, 0.717) is 16.5 Å². The lowest BCUT2D eigenvalue weighted by atomic mass is 10.2. The number of methoxy groups -OCH3 is 1. The van der Waals surface area contributed by atoms with Crippen molar-refractivity contribution < 1.29 is 17.9 Å². The number of nitrogens with one attached hydrogen (secondary N) is 2. The van der Waals surface area contributed by atoms with Gasteiger partial charge in [-0.1, -0.05) is 17.7 Å². The summed E-state index contributed by atoms with van der Waals surface area (Å²) in [5.74, 6) is 0.847. The number of benzene rings is 2. The van der Waals surface area contributed by atoms with Crippen LogP contribution in [0.15, 0.2) is 48.7 Å². The number of halogens is 4. The minimum Gasteiger partial charge on any atom is -0.495 e. The van der Waals surface area contributed by atoms with E-state index in [0.717, 1.165) is 12.1 Å². The maximum Gasteiger partial charge on any atom is 0.416 e. The van der Waals surface area contributed by atoms with Crippen molar-refractivity contribution in [3.63, 3.8) is 0 Å². The molecule has 6 nitrogen and oxygen atoms in total. The van der Waals surface area contributed by atoms with Gasteiger partial charge in [-0.3, -0.25) is 0 Å². The quantitative estimate of drug-likeness (QED) is 0.630. The average Bonchev–Trinajstić information content (AvgIpc) is 2.62. The molecule has 2 aromatic carbocycles. The Morgan fingerprint density at radius 3 is 2.63 bits per heavy atom. The standard InChI is InChI=1S/C17H13ClF3N5O/c1-27-14-6-5-11(18)8-13(14)24-16-25-15(9-22-26-16)23-12-4-2-3-10(7-12)17(19,20)21/h2-9H,1H3,(H2,23,24,25,26). The molecular formula is C17H13ClF3N5O. The molecule has 10 heteroatoms. The molecule has 0 saturated heterocycles. The summed E-state index contributed by atoms with van der Waals surface area (Å²) in [6.07, 6.45) is -3.14. The lowest BCUT2D eigenvalue weighted by Crippen LogP contribution is -2.06. The summed E-state index contributed by atoms with van der Waals surface area (Å²) in [6.45, 7) is 0. The van der Waals surface area contributed by atoms with Crippen LogP contribution in [-0.4, -0.2) is 22.3 Å². The number of hydrogen-bond donors (Lipinski definition) is 2. The van der Waals surface area contributed by atoms with E-state index in [2.05, 4.69) is 25.8 Å². The van der Waals surface area contributed by atoms with Gasteiger partial charge in [-0.05, 0) is 36.4 Å². The molecule has 140 valence electrons. The van der Waals surface area contributed by atoms with Gasteiger partial charge in [0.1, 0.15) is 5.75 Å². The Balaban J connectivity index is 1.82. The van der Waals surface area contributed by atoms with Gasteiger partial charge >= 0.3 is 6.18 Å². The van der Waals surface area contributed by atoms with Gasteiger partial charge in [0.05, 0.1) is 24.6 Å². The number of alkyl halides is 3. The van der Waals surface area contributed by atoms with E-state index >= 15 is 0 Å². The van der Waals surface area contributed by atoms with Crippen molar-refractivity contribution in [2.24, 2.45) is 0 Å². The molecule has 3 aromatic rings. The first-order valence-corrected chi connectivity index (χ1v) is 7.97. The van der Waals surface area contributed by atoms with Gasteiger partial charge in [0.15, 0.2) is 5.82 Å². The first kappa shape index (κ1) is 18.7. The normalized spacial score (nSPS) is 11.1. The Bertz CT molecular complexity index is 952. The van der Waals surface area contributed by atoms with Gasteiger partial charge in [0.25, 0.3) is 0 Å². The Labute approximate surface area is 157 Å².